The van der Waals surface area contributed by atoms with E-state index in [0.29, 0.717) is 6.61 Å². The molecule has 1 N–H and O–H groups in total. The third-order valence-electron chi connectivity index (χ3n) is 1.07. The Morgan fingerprint density at radius 1 is 1.75 bits per heavy atom. The van der Waals surface area contributed by atoms with Crippen molar-refractivity contribution in [3.05, 3.63) is 6.42 Å². The Morgan fingerprint density at radius 3 is 2.88 bits per heavy atom. The predicted octanol–water partition coefficient (Wildman–Crippen LogP) is 0.537. The lowest BCUT2D eigenvalue weighted by Gasteiger charge is -2.21. The van der Waals surface area contributed by atoms with Gasteiger partial charge >= 0.3 is 0 Å². The Labute approximate surface area is 53.4 Å². The number of hydrogen-bond donors (Lipinski definition) is 1. The molecule has 0 saturated carbocycles. The second-order valence-corrected chi connectivity index (χ2v) is 2.23. The van der Waals surface area contributed by atoms with Gasteiger partial charge in [-0.05, 0) is 12.8 Å². The molecule has 47 valence electrons. The van der Waals surface area contributed by atoms with Gasteiger partial charge in [-0.1, -0.05) is 0 Å². The number of aliphatic hydroxyl groups is 1. The van der Waals surface area contributed by atoms with Crippen LogP contribution in [0.15, 0.2) is 0 Å². The van der Waals surface area contributed by atoms with E-state index >= 15 is 0 Å². The second kappa shape index (κ2) is 2.67. The second-order valence-electron chi connectivity index (χ2n) is 1.73. The van der Waals surface area contributed by atoms with Crippen LogP contribution in [0.1, 0.15) is 6.42 Å². The zero-order valence-corrected chi connectivity index (χ0v) is 5.14. The maximum absolute atomic E-state index is 8.79. The summed E-state index contributed by atoms with van der Waals surface area (Å²) in [5.41, 5.74) is 0. The first-order chi connectivity index (χ1) is 3.80. The zero-order valence-electron chi connectivity index (χ0n) is 4.38. The van der Waals surface area contributed by atoms with Gasteiger partial charge in [-0.25, -0.2) is 0 Å². The van der Waals surface area contributed by atoms with Crippen molar-refractivity contribution in [1.29, 1.82) is 0 Å². The molecular formula is C5H8ClO2. The van der Waals surface area contributed by atoms with Gasteiger partial charge in [-0.2, -0.15) is 0 Å². The summed E-state index contributed by atoms with van der Waals surface area (Å²) in [5.74, 6) is 0. The molecule has 1 rings (SSSR count). The van der Waals surface area contributed by atoms with Crippen LogP contribution in [0.4, 0.5) is 0 Å². The molecule has 1 saturated heterocycles. The highest BCUT2D eigenvalue weighted by Crippen LogP contribution is 2.15. The summed E-state index contributed by atoms with van der Waals surface area (Å²) in [7, 11) is 0. The summed E-state index contributed by atoms with van der Waals surface area (Å²) in [6.45, 7) is 0.588. The first kappa shape index (κ1) is 6.33. The minimum Gasteiger partial charge on any atom is -0.367 e. The summed E-state index contributed by atoms with van der Waals surface area (Å²) in [6.07, 6.45) is 1.89. The molecule has 0 aromatic heterocycles. The highest BCUT2D eigenvalue weighted by Gasteiger charge is 2.20. The zero-order chi connectivity index (χ0) is 5.98. The lowest BCUT2D eigenvalue weighted by atomic mass is 10.2. The minimum absolute atomic E-state index is 0.316. The van der Waals surface area contributed by atoms with E-state index in [4.69, 9.17) is 21.4 Å². The van der Waals surface area contributed by atoms with Gasteiger partial charge in [0.15, 0.2) is 6.29 Å². The molecule has 1 fully saturated rings. The smallest absolute Gasteiger partial charge is 0.171 e. The molecule has 3 heteroatoms. The third-order valence-corrected chi connectivity index (χ3v) is 1.46. The highest BCUT2D eigenvalue weighted by atomic mass is 35.5. The molecule has 2 nitrogen and oxygen atoms in total. The molecule has 1 heterocycles. The molecule has 8 heavy (non-hydrogen) atoms. The highest BCUT2D eigenvalue weighted by molar-refractivity contribution is 6.21. The Balaban J connectivity index is 2.28. The van der Waals surface area contributed by atoms with Crippen LogP contribution in [0.5, 0.6) is 0 Å². The number of hydrogen-bond acceptors (Lipinski definition) is 2. The van der Waals surface area contributed by atoms with Crippen LogP contribution in [-0.4, -0.2) is 23.4 Å². The van der Waals surface area contributed by atoms with Gasteiger partial charge in [0.2, 0.25) is 0 Å². The van der Waals surface area contributed by atoms with Gasteiger partial charge in [0, 0.05) is 0 Å². The molecule has 0 aliphatic carbocycles. The molecule has 0 bridgehead atoms. The van der Waals surface area contributed by atoms with Gasteiger partial charge < -0.3 is 9.84 Å². The van der Waals surface area contributed by atoms with Crippen LogP contribution in [0.25, 0.3) is 0 Å². The molecule has 1 radical (unpaired) electrons. The van der Waals surface area contributed by atoms with Crippen molar-refractivity contribution in [2.75, 3.05) is 6.61 Å². The van der Waals surface area contributed by atoms with Gasteiger partial charge in [0.1, 0.15) is 0 Å². The van der Waals surface area contributed by atoms with Gasteiger partial charge in [-0.15, -0.1) is 11.6 Å². The van der Waals surface area contributed by atoms with Gasteiger partial charge in [0.25, 0.3) is 0 Å². The molecule has 1 aliphatic heterocycles. The lowest BCUT2D eigenvalue weighted by Crippen LogP contribution is -2.29. The number of ether oxygens (including phenoxy) is 1. The van der Waals surface area contributed by atoms with Crippen LogP contribution in [0, 0.1) is 6.42 Å². The Morgan fingerprint density at radius 2 is 2.50 bits per heavy atom. The van der Waals surface area contributed by atoms with Crippen molar-refractivity contribution in [2.45, 2.75) is 18.1 Å². The summed E-state index contributed by atoms with van der Waals surface area (Å²) in [5, 5.41) is 8.48. The fourth-order valence-corrected chi connectivity index (χ4v) is 0.823. The molecule has 0 amide bonds. The van der Waals surface area contributed by atoms with Crippen molar-refractivity contribution in [3.8, 4) is 0 Å². The first-order valence-electron chi connectivity index (χ1n) is 2.58. The first-order valence-corrected chi connectivity index (χ1v) is 3.01. The van der Waals surface area contributed by atoms with Crippen LogP contribution >= 0.6 is 11.6 Å². The summed E-state index contributed by atoms with van der Waals surface area (Å²) in [4.78, 5) is 0. The Bertz CT molecular complexity index is 66.8. The number of aliphatic hydroxyl groups excluding tert-OH is 1. The molecule has 1 aliphatic rings. The fourth-order valence-electron chi connectivity index (χ4n) is 0.624. The maximum atomic E-state index is 8.79. The topological polar surface area (TPSA) is 29.5 Å². The molecule has 0 aromatic carbocycles. The largest absolute Gasteiger partial charge is 0.367 e. The molecule has 0 spiro atoms. The predicted molar refractivity (Wildman–Crippen MR) is 30.5 cm³/mol. The summed E-state index contributed by atoms with van der Waals surface area (Å²) >= 11 is 5.54. The van der Waals surface area contributed by atoms with Crippen LogP contribution in [-0.2, 0) is 4.74 Å². The fraction of sp³-hybridized carbons (Fsp3) is 0.800. The molecule has 0 aromatic rings. The SMILES string of the molecule is OC1OCC[CH]C1Cl. The Hall–Kier alpha value is 0.210. The van der Waals surface area contributed by atoms with Gasteiger partial charge in [-0.3, -0.25) is 0 Å². The van der Waals surface area contributed by atoms with E-state index in [2.05, 4.69) is 0 Å². The van der Waals surface area contributed by atoms with Crippen molar-refractivity contribution >= 4 is 11.6 Å². The van der Waals surface area contributed by atoms with E-state index in [1.165, 1.54) is 0 Å². The van der Waals surface area contributed by atoms with E-state index in [9.17, 15) is 0 Å². The quantitative estimate of drug-likeness (QED) is 0.492. The van der Waals surface area contributed by atoms with E-state index in [-0.39, 0.29) is 5.38 Å². The molecule has 2 atom stereocenters. The maximum Gasteiger partial charge on any atom is 0.171 e. The molecular weight excluding hydrogens is 128 g/mol. The number of alkyl halides is 1. The van der Waals surface area contributed by atoms with Crippen molar-refractivity contribution in [2.24, 2.45) is 0 Å². The van der Waals surface area contributed by atoms with Gasteiger partial charge in [0.05, 0.1) is 12.0 Å². The van der Waals surface area contributed by atoms with Crippen LogP contribution < -0.4 is 0 Å². The van der Waals surface area contributed by atoms with Crippen molar-refractivity contribution in [1.82, 2.24) is 0 Å². The number of rotatable bonds is 0. The average Bonchev–Trinajstić information content (AvgIpc) is 1.77. The van der Waals surface area contributed by atoms with E-state index in [0.717, 1.165) is 6.42 Å². The molecule has 2 unspecified atom stereocenters. The Kier molecular flexibility index (Phi) is 2.11. The van der Waals surface area contributed by atoms with E-state index in [1.807, 2.05) is 6.42 Å². The monoisotopic (exact) mass is 135 g/mol. The number of halogens is 1. The van der Waals surface area contributed by atoms with Crippen LogP contribution in [0.3, 0.4) is 0 Å². The lowest BCUT2D eigenvalue weighted by molar-refractivity contribution is -0.108. The van der Waals surface area contributed by atoms with Crippen molar-refractivity contribution < 1.29 is 9.84 Å². The van der Waals surface area contributed by atoms with E-state index < -0.39 is 6.29 Å². The van der Waals surface area contributed by atoms with E-state index in [1.54, 1.807) is 0 Å². The standard InChI is InChI=1S/C5H8ClO2/c6-4-2-1-3-8-5(4)7/h2,4-5,7H,1,3H2. The minimum atomic E-state index is -0.787. The van der Waals surface area contributed by atoms with Crippen LogP contribution in [0.2, 0.25) is 0 Å². The third kappa shape index (κ3) is 1.34. The average molecular weight is 136 g/mol. The summed E-state index contributed by atoms with van der Waals surface area (Å²) < 4.78 is 4.78. The summed E-state index contributed by atoms with van der Waals surface area (Å²) in [6, 6.07) is 0. The van der Waals surface area contributed by atoms with Crippen molar-refractivity contribution in [3.63, 3.8) is 0 Å². The normalized spacial score (nSPS) is 39.8.